The van der Waals surface area contributed by atoms with Gasteiger partial charge >= 0.3 is 12.2 Å². The van der Waals surface area contributed by atoms with E-state index in [0.29, 0.717) is 36.8 Å². The summed E-state index contributed by atoms with van der Waals surface area (Å²) >= 11 is 0. The van der Waals surface area contributed by atoms with E-state index in [1.54, 1.807) is 0 Å². The van der Waals surface area contributed by atoms with Crippen molar-refractivity contribution >= 4 is 12.2 Å². The second kappa shape index (κ2) is 13.1. The van der Waals surface area contributed by atoms with Crippen molar-refractivity contribution in [2.24, 2.45) is 23.7 Å². The van der Waals surface area contributed by atoms with Crippen molar-refractivity contribution in [2.45, 2.75) is 104 Å². The molecule has 6 unspecified atom stereocenters. The van der Waals surface area contributed by atoms with E-state index in [4.69, 9.17) is 9.47 Å². The topological polar surface area (TPSA) is 76.7 Å². The second-order valence-electron chi connectivity index (χ2n) is 9.40. The third kappa shape index (κ3) is 7.66. The van der Waals surface area contributed by atoms with Crippen LogP contribution in [-0.2, 0) is 9.47 Å². The maximum atomic E-state index is 12.2. The van der Waals surface area contributed by atoms with Crippen LogP contribution in [0.5, 0.6) is 0 Å². The molecule has 0 aliphatic heterocycles. The Kier molecular flexibility index (Phi) is 10.8. The van der Waals surface area contributed by atoms with E-state index in [1.165, 1.54) is 12.8 Å². The Morgan fingerprint density at radius 1 is 0.867 bits per heavy atom. The molecule has 0 heterocycles. The van der Waals surface area contributed by atoms with Gasteiger partial charge in [0.05, 0.1) is 0 Å². The number of rotatable bonds is 9. The van der Waals surface area contributed by atoms with Crippen LogP contribution in [-0.4, -0.2) is 37.5 Å². The van der Waals surface area contributed by atoms with Gasteiger partial charge in [0.1, 0.15) is 12.2 Å². The smallest absolute Gasteiger partial charge is 0.407 e. The summed E-state index contributed by atoms with van der Waals surface area (Å²) in [6.45, 7) is 9.84. The standard InChI is InChI=1S/C24H44N2O4/c1-5-7-16-26-24(28)30-22-13-8-10-17(3)20(22)15-14-19-11-9-12-21(18(19)4)29-23(27)25-6-2/h17-22H,5-16H2,1-4H3,(H,25,27)(H,26,28). The Hall–Kier alpha value is -1.46. The van der Waals surface area contributed by atoms with E-state index in [2.05, 4.69) is 31.4 Å². The molecule has 0 aromatic rings. The average Bonchev–Trinajstić information content (AvgIpc) is 2.70. The predicted molar refractivity (Wildman–Crippen MR) is 119 cm³/mol. The van der Waals surface area contributed by atoms with Crippen molar-refractivity contribution in [1.29, 1.82) is 0 Å². The summed E-state index contributed by atoms with van der Waals surface area (Å²) in [5.41, 5.74) is 0. The molecule has 2 aliphatic carbocycles. The second-order valence-corrected chi connectivity index (χ2v) is 9.40. The fourth-order valence-electron chi connectivity index (χ4n) is 5.31. The molecule has 2 rings (SSSR count). The number of hydrogen-bond acceptors (Lipinski definition) is 4. The zero-order valence-corrected chi connectivity index (χ0v) is 19.6. The van der Waals surface area contributed by atoms with Crippen LogP contribution in [0.4, 0.5) is 9.59 Å². The van der Waals surface area contributed by atoms with Gasteiger partial charge in [-0.1, -0.05) is 33.6 Å². The first-order valence-electron chi connectivity index (χ1n) is 12.3. The van der Waals surface area contributed by atoms with Crippen LogP contribution in [0, 0.1) is 23.7 Å². The van der Waals surface area contributed by atoms with E-state index in [-0.39, 0.29) is 24.4 Å². The summed E-state index contributed by atoms with van der Waals surface area (Å²) in [7, 11) is 0. The van der Waals surface area contributed by atoms with Crippen molar-refractivity contribution in [3.63, 3.8) is 0 Å². The Labute approximate surface area is 183 Å². The van der Waals surface area contributed by atoms with Crippen molar-refractivity contribution in [3.8, 4) is 0 Å². The fraction of sp³-hybridized carbons (Fsp3) is 0.917. The number of amides is 2. The quantitative estimate of drug-likeness (QED) is 0.469. The Morgan fingerprint density at radius 2 is 1.53 bits per heavy atom. The van der Waals surface area contributed by atoms with Gasteiger partial charge in [-0.3, -0.25) is 0 Å². The number of ether oxygens (including phenoxy) is 2. The van der Waals surface area contributed by atoms with Crippen LogP contribution < -0.4 is 10.6 Å². The molecule has 174 valence electrons. The average molecular weight is 425 g/mol. The highest BCUT2D eigenvalue weighted by atomic mass is 16.6. The number of hydrogen-bond donors (Lipinski definition) is 2. The third-order valence-electron chi connectivity index (χ3n) is 7.26. The van der Waals surface area contributed by atoms with Gasteiger partial charge in [0.25, 0.3) is 0 Å². The summed E-state index contributed by atoms with van der Waals surface area (Å²) in [5, 5.41) is 5.64. The zero-order valence-electron chi connectivity index (χ0n) is 19.6. The van der Waals surface area contributed by atoms with E-state index >= 15 is 0 Å². The van der Waals surface area contributed by atoms with Gasteiger partial charge in [-0.05, 0) is 82.0 Å². The summed E-state index contributed by atoms with van der Waals surface area (Å²) in [6.07, 6.45) is 10.3. The predicted octanol–water partition coefficient (Wildman–Crippen LogP) is 5.65. The molecular weight excluding hydrogens is 380 g/mol. The van der Waals surface area contributed by atoms with Crippen LogP contribution in [0.2, 0.25) is 0 Å². The molecule has 0 spiro atoms. The van der Waals surface area contributed by atoms with Crippen LogP contribution in [0.1, 0.15) is 91.9 Å². The molecular formula is C24H44N2O4. The van der Waals surface area contributed by atoms with Crippen LogP contribution >= 0.6 is 0 Å². The summed E-state index contributed by atoms with van der Waals surface area (Å²) < 4.78 is 11.5. The van der Waals surface area contributed by atoms with Gasteiger partial charge < -0.3 is 20.1 Å². The maximum Gasteiger partial charge on any atom is 0.407 e. The molecule has 0 aromatic heterocycles. The van der Waals surface area contributed by atoms with Crippen LogP contribution in [0.3, 0.4) is 0 Å². The van der Waals surface area contributed by atoms with Gasteiger partial charge in [0.2, 0.25) is 0 Å². The lowest BCUT2D eigenvalue weighted by Gasteiger charge is -2.39. The van der Waals surface area contributed by atoms with E-state index in [1.807, 2.05) is 6.92 Å². The first-order valence-corrected chi connectivity index (χ1v) is 12.3. The highest BCUT2D eigenvalue weighted by molar-refractivity contribution is 5.67. The first kappa shape index (κ1) is 24.8. The number of carbonyl (C=O) groups excluding carboxylic acids is 2. The molecule has 2 saturated carbocycles. The molecule has 2 amide bonds. The Balaban J connectivity index is 1.87. The van der Waals surface area contributed by atoms with Crippen LogP contribution in [0.25, 0.3) is 0 Å². The van der Waals surface area contributed by atoms with Gasteiger partial charge in [0, 0.05) is 13.1 Å². The lowest BCUT2D eigenvalue weighted by Crippen LogP contribution is -2.40. The maximum absolute atomic E-state index is 12.2. The highest BCUT2D eigenvalue weighted by Crippen LogP contribution is 2.40. The minimum absolute atomic E-state index is 0.00969. The minimum Gasteiger partial charge on any atom is -0.446 e. The molecule has 6 atom stereocenters. The minimum atomic E-state index is -0.293. The zero-order chi connectivity index (χ0) is 21.9. The SMILES string of the molecule is CCCCNC(=O)OC1CCCC(C)C1CCC1CCCC(OC(=O)NCC)C1C. The lowest BCUT2D eigenvalue weighted by molar-refractivity contribution is -0.00425. The summed E-state index contributed by atoms with van der Waals surface area (Å²) in [4.78, 5) is 24.1. The molecule has 2 fully saturated rings. The molecule has 2 aliphatic rings. The number of unbranched alkanes of at least 4 members (excludes halogenated alkanes) is 1. The summed E-state index contributed by atoms with van der Waals surface area (Å²) in [6, 6.07) is 0. The number of alkyl carbamates (subject to hydrolysis) is 2. The van der Waals surface area contributed by atoms with E-state index in [9.17, 15) is 9.59 Å². The fourth-order valence-corrected chi connectivity index (χ4v) is 5.31. The molecule has 2 N–H and O–H groups in total. The Morgan fingerprint density at radius 3 is 2.27 bits per heavy atom. The van der Waals surface area contributed by atoms with Gasteiger partial charge in [0.15, 0.2) is 0 Å². The van der Waals surface area contributed by atoms with Crippen molar-refractivity contribution in [1.82, 2.24) is 10.6 Å². The van der Waals surface area contributed by atoms with Gasteiger partial charge in [-0.15, -0.1) is 0 Å². The monoisotopic (exact) mass is 424 g/mol. The highest BCUT2D eigenvalue weighted by Gasteiger charge is 2.36. The molecule has 6 heteroatoms. The molecule has 0 aromatic carbocycles. The molecule has 0 radical (unpaired) electrons. The van der Waals surface area contributed by atoms with Crippen molar-refractivity contribution < 1.29 is 19.1 Å². The third-order valence-corrected chi connectivity index (χ3v) is 7.26. The van der Waals surface area contributed by atoms with E-state index in [0.717, 1.165) is 51.4 Å². The van der Waals surface area contributed by atoms with Gasteiger partial charge in [-0.25, -0.2) is 9.59 Å². The molecule has 6 nitrogen and oxygen atoms in total. The normalized spacial score (nSPS) is 31.6. The van der Waals surface area contributed by atoms with Crippen molar-refractivity contribution in [2.75, 3.05) is 13.1 Å². The van der Waals surface area contributed by atoms with E-state index < -0.39 is 0 Å². The van der Waals surface area contributed by atoms with Crippen molar-refractivity contribution in [3.05, 3.63) is 0 Å². The largest absolute Gasteiger partial charge is 0.446 e. The van der Waals surface area contributed by atoms with Crippen LogP contribution in [0.15, 0.2) is 0 Å². The first-order chi connectivity index (χ1) is 14.5. The molecule has 0 saturated heterocycles. The Bertz CT molecular complexity index is 527. The molecule has 30 heavy (non-hydrogen) atoms. The molecule has 0 bridgehead atoms. The number of carbonyl (C=O) groups is 2. The summed E-state index contributed by atoms with van der Waals surface area (Å²) in [5.74, 6) is 1.93. The van der Waals surface area contributed by atoms with Gasteiger partial charge in [-0.2, -0.15) is 0 Å². The number of nitrogens with one attached hydrogen (secondary N) is 2. The lowest BCUT2D eigenvalue weighted by atomic mass is 9.71.